The van der Waals surface area contributed by atoms with E-state index in [2.05, 4.69) is 10.1 Å². The standard InChI is InChI=1S/C14H10F3N5OS/c15-14(16,17)11-6-9(8-4-2-1-3-5-8)21-22(11)13-19-10(7-24-13)12(23)20-18/h1-7H,18H2,(H,20,23). The molecule has 24 heavy (non-hydrogen) atoms. The highest BCUT2D eigenvalue weighted by Crippen LogP contribution is 2.34. The molecule has 1 amide bonds. The molecule has 0 aliphatic rings. The monoisotopic (exact) mass is 353 g/mol. The summed E-state index contributed by atoms with van der Waals surface area (Å²) in [5.41, 5.74) is 1.51. The van der Waals surface area contributed by atoms with Gasteiger partial charge >= 0.3 is 6.18 Å². The summed E-state index contributed by atoms with van der Waals surface area (Å²) >= 11 is 0.858. The lowest BCUT2D eigenvalue weighted by Crippen LogP contribution is -2.30. The van der Waals surface area contributed by atoms with Gasteiger partial charge in [0.1, 0.15) is 5.69 Å². The zero-order chi connectivity index (χ0) is 17.3. The normalized spacial score (nSPS) is 11.5. The van der Waals surface area contributed by atoms with Crippen LogP contribution in [0.2, 0.25) is 0 Å². The van der Waals surface area contributed by atoms with Gasteiger partial charge < -0.3 is 0 Å². The van der Waals surface area contributed by atoms with Gasteiger partial charge in [-0.2, -0.15) is 18.3 Å². The Morgan fingerprint density at radius 3 is 2.58 bits per heavy atom. The van der Waals surface area contributed by atoms with Gasteiger partial charge in [-0.05, 0) is 6.07 Å². The number of aromatic nitrogens is 3. The van der Waals surface area contributed by atoms with Gasteiger partial charge in [-0.3, -0.25) is 10.2 Å². The first-order valence-corrected chi connectivity index (χ1v) is 7.47. The number of carbonyl (C=O) groups excluding carboxylic acids is 1. The van der Waals surface area contributed by atoms with Gasteiger partial charge in [-0.1, -0.05) is 30.3 Å². The van der Waals surface area contributed by atoms with E-state index in [1.165, 1.54) is 5.38 Å². The number of alkyl halides is 3. The topological polar surface area (TPSA) is 85.8 Å². The first kappa shape index (κ1) is 16.1. The van der Waals surface area contributed by atoms with E-state index in [9.17, 15) is 18.0 Å². The molecule has 3 rings (SSSR count). The fourth-order valence-corrected chi connectivity index (χ4v) is 2.79. The van der Waals surface area contributed by atoms with E-state index in [0.29, 0.717) is 10.2 Å². The van der Waals surface area contributed by atoms with Crippen LogP contribution in [0.5, 0.6) is 0 Å². The van der Waals surface area contributed by atoms with E-state index >= 15 is 0 Å². The highest BCUT2D eigenvalue weighted by Gasteiger charge is 2.37. The van der Waals surface area contributed by atoms with Gasteiger partial charge in [0, 0.05) is 10.9 Å². The second-order valence-electron chi connectivity index (χ2n) is 4.68. The zero-order valence-electron chi connectivity index (χ0n) is 11.9. The second-order valence-corrected chi connectivity index (χ2v) is 5.52. The molecule has 124 valence electrons. The molecule has 0 saturated carbocycles. The SMILES string of the molecule is NNC(=O)c1csc(-n2nc(-c3ccccc3)cc2C(F)(F)F)n1. The fraction of sp³-hybridized carbons (Fsp3) is 0.0714. The number of nitrogens with one attached hydrogen (secondary N) is 1. The molecule has 0 fully saturated rings. The zero-order valence-corrected chi connectivity index (χ0v) is 12.7. The minimum absolute atomic E-state index is 0.0805. The predicted molar refractivity (Wildman–Crippen MR) is 81.3 cm³/mol. The summed E-state index contributed by atoms with van der Waals surface area (Å²) in [7, 11) is 0. The Balaban J connectivity index is 2.11. The van der Waals surface area contributed by atoms with Crippen LogP contribution in [0.4, 0.5) is 13.2 Å². The summed E-state index contributed by atoms with van der Waals surface area (Å²) in [6, 6.07) is 9.41. The fourth-order valence-electron chi connectivity index (χ4n) is 2.02. The van der Waals surface area contributed by atoms with Crippen LogP contribution >= 0.6 is 11.3 Å². The van der Waals surface area contributed by atoms with Crippen molar-refractivity contribution >= 4 is 17.2 Å². The Kier molecular flexibility index (Phi) is 4.08. The van der Waals surface area contributed by atoms with E-state index in [-0.39, 0.29) is 16.5 Å². The predicted octanol–water partition coefficient (Wildman–Crippen LogP) is 2.62. The molecule has 2 heterocycles. The van der Waals surface area contributed by atoms with Crippen LogP contribution < -0.4 is 11.3 Å². The van der Waals surface area contributed by atoms with Crippen LogP contribution in [0.15, 0.2) is 41.8 Å². The molecule has 0 unspecified atom stereocenters. The Bertz CT molecular complexity index is 872. The van der Waals surface area contributed by atoms with Crippen molar-refractivity contribution in [2.45, 2.75) is 6.18 Å². The number of benzene rings is 1. The van der Waals surface area contributed by atoms with E-state index in [4.69, 9.17) is 5.84 Å². The Hall–Kier alpha value is -2.72. The second kappa shape index (κ2) is 6.06. The summed E-state index contributed by atoms with van der Waals surface area (Å²) in [6.07, 6.45) is -4.62. The van der Waals surface area contributed by atoms with Crippen LogP contribution in [0, 0.1) is 0 Å². The third-order valence-electron chi connectivity index (χ3n) is 3.11. The molecule has 3 N–H and O–H groups in total. The average molecular weight is 353 g/mol. The molecular weight excluding hydrogens is 343 g/mol. The van der Waals surface area contributed by atoms with Crippen LogP contribution in [0.1, 0.15) is 16.2 Å². The number of halogens is 3. The molecule has 0 spiro atoms. The largest absolute Gasteiger partial charge is 0.433 e. The molecule has 0 bridgehead atoms. The minimum atomic E-state index is -4.62. The lowest BCUT2D eigenvalue weighted by molar-refractivity contribution is -0.142. The Morgan fingerprint density at radius 1 is 1.25 bits per heavy atom. The summed E-state index contributed by atoms with van der Waals surface area (Å²) in [4.78, 5) is 15.3. The van der Waals surface area contributed by atoms with E-state index in [1.807, 2.05) is 5.43 Å². The molecule has 0 saturated heterocycles. The molecule has 0 atom stereocenters. The van der Waals surface area contributed by atoms with E-state index in [1.54, 1.807) is 30.3 Å². The van der Waals surface area contributed by atoms with Crippen LogP contribution in [0.3, 0.4) is 0 Å². The van der Waals surface area contributed by atoms with Crippen LogP contribution in [-0.4, -0.2) is 20.7 Å². The molecule has 0 aliphatic heterocycles. The number of nitrogens with zero attached hydrogens (tertiary/aromatic N) is 3. The summed E-state index contributed by atoms with van der Waals surface area (Å²) in [6.45, 7) is 0. The summed E-state index contributed by atoms with van der Waals surface area (Å²) in [5, 5.41) is 5.22. The third kappa shape index (κ3) is 3.01. The smallest absolute Gasteiger partial charge is 0.289 e. The highest BCUT2D eigenvalue weighted by molar-refractivity contribution is 7.12. The summed E-state index contributed by atoms with van der Waals surface area (Å²) < 4.78 is 40.6. The number of hydrogen-bond acceptors (Lipinski definition) is 5. The van der Waals surface area contributed by atoms with Gasteiger partial charge in [-0.25, -0.2) is 15.5 Å². The molecule has 10 heteroatoms. The van der Waals surface area contributed by atoms with Gasteiger partial charge in [0.05, 0.1) is 5.69 Å². The number of amides is 1. The maximum atomic E-state index is 13.3. The quantitative estimate of drug-likeness (QED) is 0.431. The first-order chi connectivity index (χ1) is 11.4. The van der Waals surface area contributed by atoms with Gasteiger partial charge in [0.2, 0.25) is 5.13 Å². The van der Waals surface area contributed by atoms with Crippen LogP contribution in [0.25, 0.3) is 16.4 Å². The molecular formula is C14H10F3N5OS. The number of nitrogen functional groups attached to an aromatic ring is 1. The minimum Gasteiger partial charge on any atom is -0.289 e. The average Bonchev–Trinajstić information content (AvgIpc) is 3.21. The van der Waals surface area contributed by atoms with Crippen molar-refractivity contribution < 1.29 is 18.0 Å². The maximum absolute atomic E-state index is 13.3. The van der Waals surface area contributed by atoms with Crippen molar-refractivity contribution in [3.05, 3.63) is 53.2 Å². The Labute approximate surface area is 137 Å². The lowest BCUT2D eigenvalue weighted by atomic mass is 10.1. The first-order valence-electron chi connectivity index (χ1n) is 6.59. The van der Waals surface area contributed by atoms with Crippen molar-refractivity contribution in [2.75, 3.05) is 0 Å². The molecule has 0 aliphatic carbocycles. The van der Waals surface area contributed by atoms with E-state index < -0.39 is 17.8 Å². The Morgan fingerprint density at radius 2 is 1.96 bits per heavy atom. The number of hydrazine groups is 1. The summed E-state index contributed by atoms with van der Waals surface area (Å²) in [5.74, 6) is 4.30. The van der Waals surface area contributed by atoms with Crippen molar-refractivity contribution in [1.29, 1.82) is 0 Å². The van der Waals surface area contributed by atoms with Crippen molar-refractivity contribution in [3.8, 4) is 16.4 Å². The maximum Gasteiger partial charge on any atom is 0.433 e. The lowest BCUT2D eigenvalue weighted by Gasteiger charge is -2.06. The number of thiazole rings is 1. The highest BCUT2D eigenvalue weighted by atomic mass is 32.1. The third-order valence-corrected chi connectivity index (χ3v) is 3.92. The number of nitrogens with two attached hydrogens (primary N) is 1. The van der Waals surface area contributed by atoms with Crippen LogP contribution in [-0.2, 0) is 6.18 Å². The number of carbonyl (C=O) groups is 1. The van der Waals surface area contributed by atoms with E-state index in [0.717, 1.165) is 17.4 Å². The van der Waals surface area contributed by atoms with Gasteiger partial charge in [0.25, 0.3) is 5.91 Å². The number of hydrogen-bond donors (Lipinski definition) is 2. The van der Waals surface area contributed by atoms with Crippen molar-refractivity contribution in [2.24, 2.45) is 5.84 Å². The molecule has 0 radical (unpaired) electrons. The van der Waals surface area contributed by atoms with Crippen molar-refractivity contribution in [1.82, 2.24) is 20.2 Å². The number of rotatable bonds is 3. The molecule has 3 aromatic rings. The molecule has 1 aromatic carbocycles. The molecule has 6 nitrogen and oxygen atoms in total. The van der Waals surface area contributed by atoms with Gasteiger partial charge in [0.15, 0.2) is 5.69 Å². The molecule has 2 aromatic heterocycles. The van der Waals surface area contributed by atoms with Crippen molar-refractivity contribution in [3.63, 3.8) is 0 Å². The van der Waals surface area contributed by atoms with Gasteiger partial charge in [-0.15, -0.1) is 11.3 Å².